The molecule has 1 aliphatic heterocycles. The molecule has 2 heterocycles. The number of hydrogen-bond acceptors (Lipinski definition) is 7. The number of rotatable bonds is 8. The number of aliphatic hydroxyl groups excluding tert-OH is 1. The molecule has 10 heteroatoms. The quantitative estimate of drug-likeness (QED) is 0.510. The van der Waals surface area contributed by atoms with Crippen LogP contribution in [0.25, 0.3) is 0 Å². The second-order valence-electron chi connectivity index (χ2n) is 10.1. The number of carbonyl (C=O) groups excluding carboxylic acids is 1. The number of methoxy groups -OCH3 is 1. The summed E-state index contributed by atoms with van der Waals surface area (Å²) in [4.78, 5) is 19.6. The number of aliphatic hydroxyl groups is 1. The van der Waals surface area contributed by atoms with Gasteiger partial charge in [0.05, 0.1) is 31.2 Å². The number of aromatic nitrogens is 1. The van der Waals surface area contributed by atoms with E-state index in [9.17, 15) is 18.3 Å². The van der Waals surface area contributed by atoms with Gasteiger partial charge in [0.15, 0.2) is 0 Å². The first-order valence-electron chi connectivity index (χ1n) is 12.7. The first-order valence-corrected chi connectivity index (χ1v) is 14.1. The summed E-state index contributed by atoms with van der Waals surface area (Å²) in [5.74, 6) is 6.54. The fraction of sp³-hybridized carbons (Fsp3) is 0.500. The van der Waals surface area contributed by atoms with Gasteiger partial charge in [0, 0.05) is 43.8 Å². The molecular formula is C28H37N3O6S. The maximum absolute atomic E-state index is 13.5. The SMILES string of the molecule is COc1cccc(S(=O)(=O)N(C)C[C@@H]2Oc3ncc(C#CCC(C)C)cc3C(=O)N([C@@H](C)CO)C[C@@H]2C)c1. The van der Waals surface area contributed by atoms with E-state index in [2.05, 4.69) is 30.7 Å². The molecule has 0 spiro atoms. The summed E-state index contributed by atoms with van der Waals surface area (Å²) in [6.07, 6.45) is 1.65. The third kappa shape index (κ3) is 6.84. The summed E-state index contributed by atoms with van der Waals surface area (Å²) < 4.78 is 39.3. The van der Waals surface area contributed by atoms with Crippen LogP contribution in [0, 0.1) is 23.7 Å². The van der Waals surface area contributed by atoms with Gasteiger partial charge in [0.2, 0.25) is 15.9 Å². The van der Waals surface area contributed by atoms with Gasteiger partial charge >= 0.3 is 0 Å². The zero-order chi connectivity index (χ0) is 28.0. The summed E-state index contributed by atoms with van der Waals surface area (Å²) >= 11 is 0. The molecule has 206 valence electrons. The number of nitrogens with zero attached hydrogens (tertiary/aromatic N) is 3. The molecule has 1 N–H and O–H groups in total. The Kier molecular flexibility index (Phi) is 9.77. The second kappa shape index (κ2) is 12.6. The van der Waals surface area contributed by atoms with Gasteiger partial charge in [-0.2, -0.15) is 4.31 Å². The lowest BCUT2D eigenvalue weighted by molar-refractivity contribution is 0.0373. The van der Waals surface area contributed by atoms with Gasteiger partial charge in [-0.15, -0.1) is 0 Å². The zero-order valence-corrected chi connectivity index (χ0v) is 23.7. The van der Waals surface area contributed by atoms with Crippen molar-refractivity contribution in [1.82, 2.24) is 14.2 Å². The molecule has 0 saturated heterocycles. The van der Waals surface area contributed by atoms with Gasteiger partial charge in [-0.1, -0.05) is 38.7 Å². The van der Waals surface area contributed by atoms with Crippen LogP contribution in [0.3, 0.4) is 0 Å². The fourth-order valence-corrected chi connectivity index (χ4v) is 5.26. The highest BCUT2D eigenvalue weighted by atomic mass is 32.2. The average Bonchev–Trinajstić information content (AvgIpc) is 2.90. The third-order valence-electron chi connectivity index (χ3n) is 6.45. The fourth-order valence-electron chi connectivity index (χ4n) is 4.04. The van der Waals surface area contributed by atoms with E-state index in [0.717, 1.165) is 0 Å². The monoisotopic (exact) mass is 543 g/mol. The van der Waals surface area contributed by atoms with Gasteiger partial charge in [0.1, 0.15) is 17.4 Å². The topological polar surface area (TPSA) is 109 Å². The van der Waals surface area contributed by atoms with Crippen LogP contribution in [-0.2, 0) is 10.0 Å². The summed E-state index contributed by atoms with van der Waals surface area (Å²) in [7, 11) is -0.879. The molecule has 0 bridgehead atoms. The predicted molar refractivity (Wildman–Crippen MR) is 145 cm³/mol. The summed E-state index contributed by atoms with van der Waals surface area (Å²) in [6.45, 7) is 7.87. The normalized spacial score (nSPS) is 18.7. The smallest absolute Gasteiger partial charge is 0.259 e. The molecule has 0 radical (unpaired) electrons. The van der Waals surface area contributed by atoms with Gasteiger partial charge in [-0.05, 0) is 31.0 Å². The van der Waals surface area contributed by atoms with E-state index >= 15 is 0 Å². The van der Waals surface area contributed by atoms with Gasteiger partial charge < -0.3 is 19.5 Å². The van der Waals surface area contributed by atoms with Crippen molar-refractivity contribution < 1.29 is 27.8 Å². The summed E-state index contributed by atoms with van der Waals surface area (Å²) in [6, 6.07) is 7.48. The number of hydrogen-bond donors (Lipinski definition) is 1. The van der Waals surface area contributed by atoms with E-state index in [1.807, 2.05) is 6.92 Å². The molecule has 38 heavy (non-hydrogen) atoms. The van der Waals surface area contributed by atoms with Crippen molar-refractivity contribution in [2.24, 2.45) is 11.8 Å². The molecule has 1 aliphatic rings. The number of sulfonamides is 1. The molecule has 1 aromatic heterocycles. The van der Waals surface area contributed by atoms with E-state index in [0.29, 0.717) is 23.7 Å². The molecule has 0 aliphatic carbocycles. The Labute approximate surface area is 225 Å². The number of benzene rings is 1. The van der Waals surface area contributed by atoms with E-state index in [1.54, 1.807) is 36.2 Å². The van der Waals surface area contributed by atoms with Crippen LogP contribution in [0.2, 0.25) is 0 Å². The Morgan fingerprint density at radius 1 is 1.29 bits per heavy atom. The van der Waals surface area contributed by atoms with Gasteiger partial charge in [-0.3, -0.25) is 4.79 Å². The van der Waals surface area contributed by atoms with Crippen LogP contribution in [0.5, 0.6) is 11.6 Å². The van der Waals surface area contributed by atoms with Crippen LogP contribution >= 0.6 is 0 Å². The van der Waals surface area contributed by atoms with E-state index < -0.39 is 22.2 Å². The number of pyridine rings is 1. The number of carbonyl (C=O) groups is 1. The van der Waals surface area contributed by atoms with E-state index in [-0.39, 0.29) is 47.9 Å². The Morgan fingerprint density at radius 3 is 2.68 bits per heavy atom. The largest absolute Gasteiger partial charge is 0.497 e. The lowest BCUT2D eigenvalue weighted by atomic mass is 10.00. The number of likely N-dealkylation sites (N-methyl/N-ethyl adjacent to an activating group) is 1. The molecule has 3 rings (SSSR count). The Bertz CT molecular complexity index is 1300. The first-order chi connectivity index (χ1) is 18.0. The minimum atomic E-state index is -3.85. The highest BCUT2D eigenvalue weighted by molar-refractivity contribution is 7.89. The van der Waals surface area contributed by atoms with Crippen LogP contribution in [0.15, 0.2) is 41.4 Å². The van der Waals surface area contributed by atoms with E-state index in [4.69, 9.17) is 9.47 Å². The van der Waals surface area contributed by atoms with Gasteiger partial charge in [0.25, 0.3) is 5.91 Å². The van der Waals surface area contributed by atoms with Crippen LogP contribution in [-0.4, -0.2) is 79.6 Å². The van der Waals surface area contributed by atoms with Crippen molar-refractivity contribution in [3.05, 3.63) is 47.7 Å². The Hall–Kier alpha value is -3.13. The third-order valence-corrected chi connectivity index (χ3v) is 8.27. The maximum Gasteiger partial charge on any atom is 0.259 e. The molecule has 9 nitrogen and oxygen atoms in total. The summed E-state index contributed by atoms with van der Waals surface area (Å²) in [5.41, 5.74) is 0.817. The standard InChI is InChI=1S/C28H37N3O6S/c1-19(2)9-7-10-22-13-25-27(29-15-22)37-26(20(3)16-31(28(25)33)21(4)18-32)17-30(5)38(34,35)24-12-8-11-23(14-24)36-6/h8,11-15,19-21,26,32H,9,16-18H2,1-6H3/t20-,21-,26-/m0/s1. The zero-order valence-electron chi connectivity index (χ0n) is 22.8. The number of ether oxygens (including phenoxy) is 2. The predicted octanol–water partition coefficient (Wildman–Crippen LogP) is 3.03. The second-order valence-corrected chi connectivity index (χ2v) is 12.1. The molecule has 2 aromatic rings. The molecular weight excluding hydrogens is 506 g/mol. The molecule has 1 aromatic carbocycles. The molecule has 0 unspecified atom stereocenters. The van der Waals surface area contributed by atoms with Crippen LogP contribution in [0.1, 0.15) is 50.0 Å². The van der Waals surface area contributed by atoms with Crippen LogP contribution in [0.4, 0.5) is 0 Å². The van der Waals surface area contributed by atoms with Crippen molar-refractivity contribution in [2.75, 3.05) is 33.9 Å². The summed E-state index contributed by atoms with van der Waals surface area (Å²) in [5, 5.41) is 9.85. The van der Waals surface area contributed by atoms with Gasteiger partial charge in [-0.25, -0.2) is 13.4 Å². The maximum atomic E-state index is 13.5. The average molecular weight is 544 g/mol. The molecule has 0 saturated carbocycles. The lowest BCUT2D eigenvalue weighted by Crippen LogP contribution is -2.50. The Balaban J connectivity index is 1.97. The lowest BCUT2D eigenvalue weighted by Gasteiger charge is -2.37. The van der Waals surface area contributed by atoms with Crippen molar-refractivity contribution in [2.45, 2.75) is 51.2 Å². The highest BCUT2D eigenvalue weighted by Crippen LogP contribution is 2.28. The number of fused-ring (bicyclic) bond motifs is 1. The van der Waals surface area contributed by atoms with Crippen molar-refractivity contribution in [1.29, 1.82) is 0 Å². The first kappa shape index (κ1) is 29.4. The molecule has 3 atom stereocenters. The highest BCUT2D eigenvalue weighted by Gasteiger charge is 2.36. The number of amides is 1. The van der Waals surface area contributed by atoms with Crippen molar-refractivity contribution in [3.63, 3.8) is 0 Å². The van der Waals surface area contributed by atoms with Crippen molar-refractivity contribution >= 4 is 15.9 Å². The minimum Gasteiger partial charge on any atom is -0.497 e. The molecule has 0 fully saturated rings. The minimum absolute atomic E-state index is 0.0211. The Morgan fingerprint density at radius 2 is 2.03 bits per heavy atom. The molecule has 1 amide bonds. The van der Waals surface area contributed by atoms with Crippen molar-refractivity contribution in [3.8, 4) is 23.5 Å². The van der Waals surface area contributed by atoms with Crippen LogP contribution < -0.4 is 9.47 Å². The van der Waals surface area contributed by atoms with E-state index in [1.165, 1.54) is 30.6 Å².